The van der Waals surface area contributed by atoms with Crippen molar-refractivity contribution in [2.45, 2.75) is 50.4 Å². The molecule has 3 nitrogen and oxygen atoms in total. The summed E-state index contributed by atoms with van der Waals surface area (Å²) in [7, 11) is 0. The van der Waals surface area contributed by atoms with Crippen molar-refractivity contribution in [1.82, 2.24) is 0 Å². The van der Waals surface area contributed by atoms with Gasteiger partial charge >= 0.3 is 5.97 Å². The summed E-state index contributed by atoms with van der Waals surface area (Å²) in [6.45, 7) is 0. The Morgan fingerprint density at radius 2 is 1.83 bits per heavy atom. The molecule has 0 amide bonds. The van der Waals surface area contributed by atoms with Crippen LogP contribution in [0.1, 0.15) is 31.2 Å². The van der Waals surface area contributed by atoms with Crippen LogP contribution >= 0.6 is 0 Å². The lowest BCUT2D eigenvalue weighted by molar-refractivity contribution is -0.156. The Kier molecular flexibility index (Phi) is 3.33. The molecular weight excluding hydrogens is 228 g/mol. The van der Waals surface area contributed by atoms with E-state index in [1.54, 1.807) is 0 Å². The minimum Gasteiger partial charge on any atom is -0.462 e. The van der Waals surface area contributed by atoms with Gasteiger partial charge in [0.25, 0.3) is 0 Å². The highest BCUT2D eigenvalue weighted by Crippen LogP contribution is 2.33. The molecule has 2 heterocycles. The van der Waals surface area contributed by atoms with Crippen molar-refractivity contribution in [1.29, 1.82) is 0 Å². The molecule has 1 aromatic carbocycles. The number of fused-ring (bicyclic) bond motifs is 2. The molecule has 18 heavy (non-hydrogen) atoms. The van der Waals surface area contributed by atoms with E-state index in [-0.39, 0.29) is 12.1 Å². The van der Waals surface area contributed by atoms with Crippen LogP contribution in [0.4, 0.5) is 0 Å². The molecule has 3 heteroatoms. The van der Waals surface area contributed by atoms with E-state index >= 15 is 0 Å². The van der Waals surface area contributed by atoms with Crippen LogP contribution < -0.4 is 0 Å². The van der Waals surface area contributed by atoms with Crippen molar-refractivity contribution in [3.8, 4) is 0 Å². The van der Waals surface area contributed by atoms with Crippen LogP contribution in [0.5, 0.6) is 0 Å². The maximum Gasteiger partial charge on any atom is 0.310 e. The Hall–Kier alpha value is -1.35. The van der Waals surface area contributed by atoms with Crippen LogP contribution in [0.25, 0.3) is 0 Å². The first-order chi connectivity index (χ1) is 8.79. The summed E-state index contributed by atoms with van der Waals surface area (Å²) < 4.78 is 11.3. The number of benzene rings is 1. The standard InChI is InChI=1S/C15H18O3/c16-15(8-11-4-2-1-3-5-11)18-14-9-12-6-7-13(10-14)17-12/h1-5,12-14H,6-10H2/t12-,13+,14?. The average molecular weight is 246 g/mol. The van der Waals surface area contributed by atoms with Gasteiger partial charge in [-0.25, -0.2) is 0 Å². The van der Waals surface area contributed by atoms with Gasteiger partial charge in [0.05, 0.1) is 18.6 Å². The Labute approximate surface area is 107 Å². The third-order valence-corrected chi connectivity index (χ3v) is 3.74. The van der Waals surface area contributed by atoms with Crippen LogP contribution in [-0.2, 0) is 20.7 Å². The van der Waals surface area contributed by atoms with Crippen molar-refractivity contribution >= 4 is 5.97 Å². The minimum atomic E-state index is -0.118. The van der Waals surface area contributed by atoms with Crippen LogP contribution in [0.15, 0.2) is 30.3 Å². The normalized spacial score (nSPS) is 30.1. The third kappa shape index (κ3) is 2.72. The van der Waals surface area contributed by atoms with Crippen molar-refractivity contribution in [2.75, 3.05) is 0 Å². The van der Waals surface area contributed by atoms with Gasteiger partial charge in [0.15, 0.2) is 0 Å². The second-order valence-corrected chi connectivity index (χ2v) is 5.20. The molecule has 2 fully saturated rings. The number of hydrogen-bond acceptors (Lipinski definition) is 3. The fraction of sp³-hybridized carbons (Fsp3) is 0.533. The highest BCUT2D eigenvalue weighted by Gasteiger charge is 2.36. The second-order valence-electron chi connectivity index (χ2n) is 5.20. The second kappa shape index (κ2) is 5.11. The maximum absolute atomic E-state index is 11.9. The van der Waals surface area contributed by atoms with Gasteiger partial charge in [-0.3, -0.25) is 4.79 Å². The lowest BCUT2D eigenvalue weighted by Gasteiger charge is -2.28. The molecule has 0 saturated carbocycles. The average Bonchev–Trinajstić information content (AvgIpc) is 2.70. The predicted molar refractivity (Wildman–Crippen MR) is 67.2 cm³/mol. The van der Waals surface area contributed by atoms with Crippen LogP contribution in [0.3, 0.4) is 0 Å². The van der Waals surface area contributed by atoms with Crippen molar-refractivity contribution in [2.24, 2.45) is 0 Å². The maximum atomic E-state index is 11.9. The SMILES string of the molecule is O=C(Cc1ccccc1)OC1C[C@H]2CC[C@@H](C1)O2. The predicted octanol–water partition coefficient (Wildman–Crippen LogP) is 2.48. The van der Waals surface area contributed by atoms with E-state index in [1.807, 2.05) is 30.3 Å². The fourth-order valence-corrected chi connectivity index (χ4v) is 2.90. The number of hydrogen-bond donors (Lipinski definition) is 0. The number of rotatable bonds is 3. The van der Waals surface area contributed by atoms with E-state index in [0.717, 1.165) is 31.2 Å². The molecule has 2 aliphatic rings. The summed E-state index contributed by atoms with van der Waals surface area (Å²) in [5, 5.41) is 0. The number of esters is 1. The van der Waals surface area contributed by atoms with E-state index in [0.29, 0.717) is 18.6 Å². The monoisotopic (exact) mass is 246 g/mol. The molecular formula is C15H18O3. The van der Waals surface area contributed by atoms with E-state index in [4.69, 9.17) is 9.47 Å². The van der Waals surface area contributed by atoms with Gasteiger partial charge in [-0.1, -0.05) is 30.3 Å². The number of carbonyl (C=O) groups excluding carboxylic acids is 1. The first kappa shape index (κ1) is 11.7. The summed E-state index contributed by atoms with van der Waals surface area (Å²) in [6, 6.07) is 9.74. The molecule has 3 atom stereocenters. The van der Waals surface area contributed by atoms with Crippen LogP contribution in [0, 0.1) is 0 Å². The summed E-state index contributed by atoms with van der Waals surface area (Å²) in [5.74, 6) is -0.118. The summed E-state index contributed by atoms with van der Waals surface area (Å²) in [6.07, 6.45) is 5.06. The molecule has 0 aliphatic carbocycles. The Balaban J connectivity index is 1.52. The van der Waals surface area contributed by atoms with E-state index in [1.165, 1.54) is 0 Å². The summed E-state index contributed by atoms with van der Waals surface area (Å²) >= 11 is 0. The molecule has 0 N–H and O–H groups in total. The molecule has 1 aromatic rings. The van der Waals surface area contributed by atoms with Crippen molar-refractivity contribution in [3.63, 3.8) is 0 Å². The van der Waals surface area contributed by atoms with Gasteiger partial charge in [-0.15, -0.1) is 0 Å². The van der Waals surface area contributed by atoms with E-state index in [2.05, 4.69) is 0 Å². The van der Waals surface area contributed by atoms with Gasteiger partial charge in [0.1, 0.15) is 6.10 Å². The topological polar surface area (TPSA) is 35.5 Å². The quantitative estimate of drug-likeness (QED) is 0.769. The molecule has 2 aliphatic heterocycles. The highest BCUT2D eigenvalue weighted by atomic mass is 16.6. The smallest absolute Gasteiger partial charge is 0.310 e. The Bertz CT molecular complexity index is 403. The Morgan fingerprint density at radius 3 is 2.50 bits per heavy atom. The molecule has 3 rings (SSSR count). The molecule has 2 bridgehead atoms. The largest absolute Gasteiger partial charge is 0.462 e. The summed E-state index contributed by atoms with van der Waals surface area (Å²) in [4.78, 5) is 11.9. The minimum absolute atomic E-state index is 0.0625. The molecule has 1 unspecified atom stereocenters. The lowest BCUT2D eigenvalue weighted by atomic mass is 10.1. The van der Waals surface area contributed by atoms with Crippen LogP contribution in [0.2, 0.25) is 0 Å². The van der Waals surface area contributed by atoms with Crippen molar-refractivity contribution < 1.29 is 14.3 Å². The highest BCUT2D eigenvalue weighted by molar-refractivity contribution is 5.72. The zero-order valence-corrected chi connectivity index (χ0v) is 10.4. The van der Waals surface area contributed by atoms with E-state index < -0.39 is 0 Å². The molecule has 0 spiro atoms. The summed E-state index contributed by atoms with van der Waals surface area (Å²) in [5.41, 5.74) is 1.01. The van der Waals surface area contributed by atoms with E-state index in [9.17, 15) is 4.79 Å². The van der Waals surface area contributed by atoms with Gasteiger partial charge in [-0.2, -0.15) is 0 Å². The van der Waals surface area contributed by atoms with Gasteiger partial charge in [0.2, 0.25) is 0 Å². The van der Waals surface area contributed by atoms with Gasteiger partial charge < -0.3 is 9.47 Å². The Morgan fingerprint density at radius 1 is 1.17 bits per heavy atom. The van der Waals surface area contributed by atoms with Gasteiger partial charge in [0, 0.05) is 12.8 Å². The molecule has 2 saturated heterocycles. The number of carbonyl (C=O) groups is 1. The molecule has 96 valence electrons. The molecule has 0 radical (unpaired) electrons. The van der Waals surface area contributed by atoms with Crippen molar-refractivity contribution in [3.05, 3.63) is 35.9 Å². The zero-order chi connectivity index (χ0) is 12.4. The third-order valence-electron chi connectivity index (χ3n) is 3.74. The first-order valence-electron chi connectivity index (χ1n) is 6.68. The van der Waals surface area contributed by atoms with Gasteiger partial charge in [-0.05, 0) is 18.4 Å². The number of ether oxygens (including phenoxy) is 2. The molecule has 0 aromatic heterocycles. The van der Waals surface area contributed by atoms with Crippen LogP contribution in [-0.4, -0.2) is 24.3 Å². The first-order valence-corrected chi connectivity index (χ1v) is 6.68. The fourth-order valence-electron chi connectivity index (χ4n) is 2.90. The zero-order valence-electron chi connectivity index (χ0n) is 10.4. The lowest BCUT2D eigenvalue weighted by Crippen LogP contribution is -2.32.